The molecule has 7 nitrogen and oxygen atoms in total. The number of carbonyl (C=O) groups is 2. The molecule has 162 valence electrons. The van der Waals surface area contributed by atoms with Crippen molar-refractivity contribution >= 4 is 11.8 Å². The van der Waals surface area contributed by atoms with Gasteiger partial charge in [-0.15, -0.1) is 0 Å². The zero-order chi connectivity index (χ0) is 22.2. The Morgan fingerprint density at radius 3 is 2.53 bits per heavy atom. The Balaban J connectivity index is 2.04. The lowest BCUT2D eigenvalue weighted by atomic mass is 9.86. The fourth-order valence-electron chi connectivity index (χ4n) is 3.65. The summed E-state index contributed by atoms with van der Waals surface area (Å²) < 4.78 is 16.2. The summed E-state index contributed by atoms with van der Waals surface area (Å²) in [5.74, 6) is -0.413. The zero-order valence-corrected chi connectivity index (χ0v) is 18.5. The number of benzene rings is 1. The van der Waals surface area contributed by atoms with E-state index in [9.17, 15) is 14.0 Å². The van der Waals surface area contributed by atoms with E-state index in [0.29, 0.717) is 30.0 Å². The Hall–Kier alpha value is -2.74. The van der Waals surface area contributed by atoms with Crippen molar-refractivity contribution in [3.05, 3.63) is 41.0 Å². The molecule has 0 saturated carbocycles. The quantitative estimate of drug-likeness (QED) is 0.803. The summed E-state index contributed by atoms with van der Waals surface area (Å²) in [5, 5.41) is 5.47. The molecule has 1 aromatic carbocycles. The lowest BCUT2D eigenvalue weighted by molar-refractivity contribution is -0.124. The van der Waals surface area contributed by atoms with Gasteiger partial charge in [-0.05, 0) is 31.0 Å². The summed E-state index contributed by atoms with van der Waals surface area (Å²) in [4.78, 5) is 32.3. The maximum absolute atomic E-state index is 14.2. The van der Waals surface area contributed by atoms with Crippen LogP contribution in [0.1, 0.15) is 42.5 Å². The van der Waals surface area contributed by atoms with Gasteiger partial charge in [0.15, 0.2) is 5.69 Å². The van der Waals surface area contributed by atoms with Gasteiger partial charge in [-0.2, -0.15) is 0 Å². The third-order valence-corrected chi connectivity index (χ3v) is 5.49. The number of imidazole rings is 1. The van der Waals surface area contributed by atoms with Crippen LogP contribution in [-0.4, -0.2) is 52.9 Å². The van der Waals surface area contributed by atoms with E-state index < -0.39 is 17.4 Å². The van der Waals surface area contributed by atoms with Crippen molar-refractivity contribution in [2.24, 2.45) is 5.41 Å². The molecule has 0 bridgehead atoms. The van der Waals surface area contributed by atoms with Crippen LogP contribution < -0.4 is 10.6 Å². The number of carbonyl (C=O) groups excluding carboxylic acids is 2. The first kappa shape index (κ1) is 22.0. The van der Waals surface area contributed by atoms with Crippen molar-refractivity contribution in [2.45, 2.75) is 46.8 Å². The fourth-order valence-corrected chi connectivity index (χ4v) is 3.65. The van der Waals surface area contributed by atoms with Gasteiger partial charge in [-0.25, -0.2) is 9.37 Å². The van der Waals surface area contributed by atoms with Gasteiger partial charge in [0, 0.05) is 32.2 Å². The van der Waals surface area contributed by atoms with E-state index >= 15 is 0 Å². The van der Waals surface area contributed by atoms with Gasteiger partial charge in [0.1, 0.15) is 17.7 Å². The maximum atomic E-state index is 14.2. The molecule has 1 atom stereocenters. The third-order valence-electron chi connectivity index (χ3n) is 5.49. The van der Waals surface area contributed by atoms with Crippen LogP contribution in [0.15, 0.2) is 18.2 Å². The standard InChI is InChI=1S/C22H30FN5O2/c1-13-7-8-14(11-15(13)23)19-25-17(16-12-27(6)9-10-28(16)19)20(29)26-18(21(30)24-5)22(2,3)4/h7-8,11,18H,9-10,12H2,1-6H3,(H,24,30)(H,26,29). The SMILES string of the molecule is CNC(=O)C(NC(=O)c1nc(-c2ccc(C)c(F)c2)n2c1CN(C)CC2)C(C)(C)C. The Morgan fingerprint density at radius 1 is 1.23 bits per heavy atom. The number of rotatable bonds is 4. The number of hydrogen-bond acceptors (Lipinski definition) is 4. The van der Waals surface area contributed by atoms with Crippen LogP contribution in [0.5, 0.6) is 0 Å². The fraction of sp³-hybridized carbons (Fsp3) is 0.500. The van der Waals surface area contributed by atoms with Crippen LogP contribution in [0.3, 0.4) is 0 Å². The monoisotopic (exact) mass is 415 g/mol. The number of aryl methyl sites for hydroxylation is 1. The minimum Gasteiger partial charge on any atom is -0.357 e. The second-order valence-electron chi connectivity index (χ2n) is 8.97. The predicted molar refractivity (Wildman–Crippen MR) is 113 cm³/mol. The van der Waals surface area contributed by atoms with Crippen LogP contribution >= 0.6 is 0 Å². The van der Waals surface area contributed by atoms with Gasteiger partial charge >= 0.3 is 0 Å². The Morgan fingerprint density at radius 2 is 1.93 bits per heavy atom. The van der Waals surface area contributed by atoms with Gasteiger partial charge in [-0.3, -0.25) is 14.5 Å². The van der Waals surface area contributed by atoms with Crippen LogP contribution in [0.2, 0.25) is 0 Å². The van der Waals surface area contributed by atoms with Crippen molar-refractivity contribution in [3.63, 3.8) is 0 Å². The van der Waals surface area contributed by atoms with Gasteiger partial charge in [0.05, 0.1) is 5.69 Å². The summed E-state index contributed by atoms with van der Waals surface area (Å²) in [6, 6.07) is 4.26. The number of fused-ring (bicyclic) bond motifs is 1. The van der Waals surface area contributed by atoms with Crippen LogP contribution in [0.25, 0.3) is 11.4 Å². The highest BCUT2D eigenvalue weighted by Gasteiger charge is 2.35. The molecule has 3 rings (SSSR count). The number of halogens is 1. The molecule has 8 heteroatoms. The van der Waals surface area contributed by atoms with Gasteiger partial charge in [0.25, 0.3) is 5.91 Å². The lowest BCUT2D eigenvalue weighted by Crippen LogP contribution is -2.53. The van der Waals surface area contributed by atoms with Crippen molar-refractivity contribution in [1.29, 1.82) is 0 Å². The first-order valence-electron chi connectivity index (χ1n) is 10.1. The molecular weight excluding hydrogens is 385 g/mol. The van der Waals surface area contributed by atoms with Gasteiger partial charge < -0.3 is 15.2 Å². The Labute approximate surface area is 176 Å². The average molecular weight is 416 g/mol. The van der Waals surface area contributed by atoms with Gasteiger partial charge in [0.2, 0.25) is 5.91 Å². The van der Waals surface area contributed by atoms with Gasteiger partial charge in [-0.1, -0.05) is 32.9 Å². The van der Waals surface area contributed by atoms with Crippen molar-refractivity contribution in [3.8, 4) is 11.4 Å². The third kappa shape index (κ3) is 4.23. The second-order valence-corrected chi connectivity index (χ2v) is 8.97. The summed E-state index contributed by atoms with van der Waals surface area (Å²) in [5.41, 5.74) is 1.74. The molecule has 0 saturated heterocycles. The number of aromatic nitrogens is 2. The molecule has 2 N–H and O–H groups in total. The lowest BCUT2D eigenvalue weighted by Gasteiger charge is -2.30. The Kier molecular flexibility index (Phi) is 5.99. The molecule has 0 fully saturated rings. The van der Waals surface area contributed by atoms with E-state index in [2.05, 4.69) is 20.5 Å². The molecule has 1 aromatic heterocycles. The van der Waals surface area contributed by atoms with E-state index in [1.807, 2.05) is 38.5 Å². The first-order chi connectivity index (χ1) is 14.0. The summed E-state index contributed by atoms with van der Waals surface area (Å²) in [6.07, 6.45) is 0. The summed E-state index contributed by atoms with van der Waals surface area (Å²) in [7, 11) is 3.52. The molecule has 0 aliphatic carbocycles. The van der Waals surface area contributed by atoms with E-state index in [1.165, 1.54) is 6.07 Å². The molecule has 2 aromatic rings. The maximum Gasteiger partial charge on any atom is 0.272 e. The number of nitrogens with zero attached hydrogens (tertiary/aromatic N) is 3. The first-order valence-corrected chi connectivity index (χ1v) is 10.1. The highest BCUT2D eigenvalue weighted by molar-refractivity contribution is 5.97. The zero-order valence-electron chi connectivity index (χ0n) is 18.5. The minimum absolute atomic E-state index is 0.262. The Bertz CT molecular complexity index is 977. The van der Waals surface area contributed by atoms with Crippen LogP contribution in [-0.2, 0) is 17.9 Å². The van der Waals surface area contributed by atoms with Crippen molar-refractivity contribution in [2.75, 3.05) is 20.6 Å². The molecule has 1 aliphatic heterocycles. The molecule has 2 amide bonds. The summed E-state index contributed by atoms with van der Waals surface area (Å²) >= 11 is 0. The van der Waals surface area contributed by atoms with Crippen LogP contribution in [0.4, 0.5) is 4.39 Å². The number of nitrogens with one attached hydrogen (secondary N) is 2. The molecule has 1 unspecified atom stereocenters. The van der Waals surface area contributed by atoms with E-state index in [1.54, 1.807) is 20.0 Å². The second kappa shape index (κ2) is 8.18. The minimum atomic E-state index is -0.714. The molecule has 2 heterocycles. The summed E-state index contributed by atoms with van der Waals surface area (Å²) in [6.45, 7) is 9.38. The number of amides is 2. The predicted octanol–water partition coefficient (Wildman–Crippen LogP) is 2.33. The van der Waals surface area contributed by atoms with E-state index in [-0.39, 0.29) is 17.4 Å². The van der Waals surface area contributed by atoms with E-state index in [4.69, 9.17) is 0 Å². The highest BCUT2D eigenvalue weighted by atomic mass is 19.1. The molecular formula is C22H30FN5O2. The highest BCUT2D eigenvalue weighted by Crippen LogP contribution is 2.28. The van der Waals surface area contributed by atoms with Crippen LogP contribution in [0, 0.1) is 18.2 Å². The number of likely N-dealkylation sites (N-methyl/N-ethyl adjacent to an activating group) is 2. The smallest absolute Gasteiger partial charge is 0.272 e. The van der Waals surface area contributed by atoms with Crippen molar-refractivity contribution < 1.29 is 14.0 Å². The molecule has 0 radical (unpaired) electrons. The normalized spacial score (nSPS) is 15.4. The molecule has 30 heavy (non-hydrogen) atoms. The largest absolute Gasteiger partial charge is 0.357 e. The topological polar surface area (TPSA) is 79.3 Å². The average Bonchev–Trinajstić information content (AvgIpc) is 3.05. The van der Waals surface area contributed by atoms with E-state index in [0.717, 1.165) is 12.2 Å². The number of hydrogen-bond donors (Lipinski definition) is 2. The molecule has 1 aliphatic rings. The van der Waals surface area contributed by atoms with Crippen molar-refractivity contribution in [1.82, 2.24) is 25.1 Å². The molecule has 0 spiro atoms.